The number of halogens is 2. The Labute approximate surface area is 91.3 Å². The van der Waals surface area contributed by atoms with Gasteiger partial charge >= 0.3 is 0 Å². The Kier molecular flexibility index (Phi) is 5.60. The summed E-state index contributed by atoms with van der Waals surface area (Å²) in [5.41, 5.74) is 0. The Bertz CT molecular complexity index is 307. The molecule has 0 amide bonds. The Morgan fingerprint density at radius 1 is 1.20 bits per heavy atom. The van der Waals surface area contributed by atoms with Gasteiger partial charge in [-0.15, -0.1) is 11.8 Å². The zero-order valence-electron chi connectivity index (χ0n) is 8.08. The van der Waals surface area contributed by atoms with Gasteiger partial charge in [0, 0.05) is 10.6 Å². The quantitative estimate of drug-likeness (QED) is 0.603. The fraction of sp³-hybridized carbons (Fsp3) is 0.400. The molecule has 1 rings (SSSR count). The maximum Gasteiger partial charge on any atom is 0.159 e. The smallest absolute Gasteiger partial charge is 0.159 e. The molecule has 0 saturated carbocycles. The summed E-state index contributed by atoms with van der Waals surface area (Å²) < 4.78 is 30.3. The van der Waals surface area contributed by atoms with Gasteiger partial charge in [-0.3, -0.25) is 0 Å². The van der Waals surface area contributed by atoms with E-state index in [2.05, 4.69) is 0 Å². The van der Waals surface area contributed by atoms with Crippen LogP contribution in [0.2, 0.25) is 0 Å². The fourth-order valence-corrected chi connectivity index (χ4v) is 1.74. The molecule has 0 aliphatic rings. The van der Waals surface area contributed by atoms with Crippen molar-refractivity contribution in [2.24, 2.45) is 0 Å². The second-order valence-electron chi connectivity index (χ2n) is 2.76. The fourth-order valence-electron chi connectivity index (χ4n) is 0.952. The Hall–Kier alpha value is -0.650. The molecule has 1 aromatic carbocycles. The van der Waals surface area contributed by atoms with Gasteiger partial charge in [0.15, 0.2) is 11.6 Å². The number of thioether (sulfide) groups is 1. The lowest BCUT2D eigenvalue weighted by Crippen LogP contribution is -2.02. The molecule has 84 valence electrons. The summed E-state index contributed by atoms with van der Waals surface area (Å²) in [4.78, 5) is 0.668. The summed E-state index contributed by atoms with van der Waals surface area (Å²) in [6.07, 6.45) is 0. The summed E-state index contributed by atoms with van der Waals surface area (Å²) in [5, 5.41) is 8.43. The lowest BCUT2D eigenvalue weighted by atomic mass is 10.3. The van der Waals surface area contributed by atoms with E-state index in [1.54, 1.807) is 0 Å². The van der Waals surface area contributed by atoms with Crippen LogP contribution < -0.4 is 0 Å². The predicted octanol–water partition coefficient (Wildman–Crippen LogP) is 2.07. The van der Waals surface area contributed by atoms with Crippen LogP contribution in [0.25, 0.3) is 0 Å². The number of rotatable bonds is 6. The number of hydrogen-bond donors (Lipinski definition) is 1. The molecule has 5 heteroatoms. The Morgan fingerprint density at radius 3 is 2.67 bits per heavy atom. The second kappa shape index (κ2) is 6.76. The highest BCUT2D eigenvalue weighted by Crippen LogP contribution is 2.19. The van der Waals surface area contributed by atoms with E-state index in [0.29, 0.717) is 23.9 Å². The van der Waals surface area contributed by atoms with Gasteiger partial charge in [-0.05, 0) is 18.2 Å². The number of ether oxygens (including phenoxy) is 1. The molecule has 0 atom stereocenters. The largest absolute Gasteiger partial charge is 0.394 e. The maximum absolute atomic E-state index is 12.8. The molecular weight excluding hydrogens is 222 g/mol. The van der Waals surface area contributed by atoms with Gasteiger partial charge in [-0.2, -0.15) is 0 Å². The number of hydrogen-bond acceptors (Lipinski definition) is 3. The molecule has 0 radical (unpaired) electrons. The van der Waals surface area contributed by atoms with Crippen LogP contribution in [-0.4, -0.2) is 30.7 Å². The van der Waals surface area contributed by atoms with Crippen molar-refractivity contribution in [1.29, 1.82) is 0 Å². The molecular formula is C10H12F2O2S. The van der Waals surface area contributed by atoms with Gasteiger partial charge in [0.25, 0.3) is 0 Å². The van der Waals surface area contributed by atoms with Gasteiger partial charge in [0.2, 0.25) is 0 Å². The van der Waals surface area contributed by atoms with Crippen molar-refractivity contribution >= 4 is 11.8 Å². The van der Waals surface area contributed by atoms with E-state index >= 15 is 0 Å². The van der Waals surface area contributed by atoms with E-state index in [-0.39, 0.29) is 6.61 Å². The molecule has 1 aromatic rings. The van der Waals surface area contributed by atoms with E-state index in [1.807, 2.05) is 0 Å². The van der Waals surface area contributed by atoms with E-state index in [9.17, 15) is 8.78 Å². The second-order valence-corrected chi connectivity index (χ2v) is 3.93. The van der Waals surface area contributed by atoms with Gasteiger partial charge in [0.1, 0.15) is 0 Å². The van der Waals surface area contributed by atoms with Crippen LogP contribution >= 0.6 is 11.8 Å². The maximum atomic E-state index is 12.8. The molecule has 0 spiro atoms. The normalized spacial score (nSPS) is 10.6. The summed E-state index contributed by atoms with van der Waals surface area (Å²) in [6, 6.07) is 3.79. The third-order valence-corrected chi connectivity index (χ3v) is 2.58. The SMILES string of the molecule is OCCOCCSc1ccc(F)c(F)c1. The minimum absolute atomic E-state index is 0.00412. The average Bonchev–Trinajstić information content (AvgIpc) is 2.23. The molecule has 0 aliphatic carbocycles. The van der Waals surface area contributed by atoms with Crippen molar-refractivity contribution in [2.45, 2.75) is 4.90 Å². The van der Waals surface area contributed by atoms with Crippen LogP contribution in [0.4, 0.5) is 8.78 Å². The highest BCUT2D eigenvalue weighted by molar-refractivity contribution is 7.99. The molecule has 2 nitrogen and oxygen atoms in total. The highest BCUT2D eigenvalue weighted by Gasteiger charge is 2.02. The average molecular weight is 234 g/mol. The van der Waals surface area contributed by atoms with E-state index in [4.69, 9.17) is 9.84 Å². The van der Waals surface area contributed by atoms with Crippen molar-refractivity contribution in [3.8, 4) is 0 Å². The lowest BCUT2D eigenvalue weighted by molar-refractivity contribution is 0.103. The molecule has 0 saturated heterocycles. The lowest BCUT2D eigenvalue weighted by Gasteiger charge is -2.03. The Balaban J connectivity index is 2.28. The molecule has 15 heavy (non-hydrogen) atoms. The summed E-state index contributed by atoms with van der Waals surface area (Å²) in [5.74, 6) is -1.03. The van der Waals surface area contributed by atoms with Crippen LogP contribution in [0.5, 0.6) is 0 Å². The molecule has 1 N–H and O–H groups in total. The molecule has 0 aromatic heterocycles. The van der Waals surface area contributed by atoms with Crippen LogP contribution in [0, 0.1) is 11.6 Å². The van der Waals surface area contributed by atoms with Gasteiger partial charge < -0.3 is 9.84 Å². The van der Waals surface area contributed by atoms with Crippen LogP contribution in [0.1, 0.15) is 0 Å². The molecule has 0 bridgehead atoms. The summed E-state index contributed by atoms with van der Waals surface area (Å²) in [6.45, 7) is 0.776. The first-order chi connectivity index (χ1) is 7.24. The van der Waals surface area contributed by atoms with Crippen LogP contribution in [0.15, 0.2) is 23.1 Å². The first-order valence-corrected chi connectivity index (χ1v) is 5.49. The van der Waals surface area contributed by atoms with E-state index in [0.717, 1.165) is 12.1 Å². The number of benzene rings is 1. The zero-order chi connectivity index (χ0) is 11.1. The minimum Gasteiger partial charge on any atom is -0.394 e. The van der Waals surface area contributed by atoms with Crippen molar-refractivity contribution < 1.29 is 18.6 Å². The third-order valence-electron chi connectivity index (χ3n) is 1.62. The van der Waals surface area contributed by atoms with Crippen molar-refractivity contribution in [3.05, 3.63) is 29.8 Å². The zero-order valence-corrected chi connectivity index (χ0v) is 8.90. The summed E-state index contributed by atoms with van der Waals surface area (Å²) in [7, 11) is 0. The van der Waals surface area contributed by atoms with E-state index < -0.39 is 11.6 Å². The monoisotopic (exact) mass is 234 g/mol. The van der Waals surface area contributed by atoms with Crippen LogP contribution in [-0.2, 0) is 4.74 Å². The van der Waals surface area contributed by atoms with E-state index in [1.165, 1.54) is 17.8 Å². The molecule has 0 heterocycles. The molecule has 0 unspecified atom stereocenters. The summed E-state index contributed by atoms with van der Waals surface area (Å²) >= 11 is 1.38. The van der Waals surface area contributed by atoms with Gasteiger partial charge in [-0.25, -0.2) is 8.78 Å². The standard InChI is InChI=1S/C10H12F2O2S/c11-9-2-1-8(7-10(9)12)15-6-5-14-4-3-13/h1-2,7,13H,3-6H2. The molecule has 0 fully saturated rings. The van der Waals surface area contributed by atoms with Crippen molar-refractivity contribution in [1.82, 2.24) is 0 Å². The number of aliphatic hydroxyl groups is 1. The van der Waals surface area contributed by atoms with Crippen molar-refractivity contribution in [3.63, 3.8) is 0 Å². The van der Waals surface area contributed by atoms with Crippen LogP contribution in [0.3, 0.4) is 0 Å². The highest BCUT2D eigenvalue weighted by atomic mass is 32.2. The minimum atomic E-state index is -0.837. The third kappa shape index (κ3) is 4.59. The first-order valence-electron chi connectivity index (χ1n) is 4.50. The Morgan fingerprint density at radius 2 is 2.00 bits per heavy atom. The predicted molar refractivity (Wildman–Crippen MR) is 55.0 cm³/mol. The van der Waals surface area contributed by atoms with Gasteiger partial charge in [-0.1, -0.05) is 0 Å². The number of aliphatic hydroxyl groups excluding tert-OH is 1. The van der Waals surface area contributed by atoms with Gasteiger partial charge in [0.05, 0.1) is 19.8 Å². The topological polar surface area (TPSA) is 29.5 Å². The molecule has 0 aliphatic heterocycles. The first kappa shape index (κ1) is 12.4. The van der Waals surface area contributed by atoms with Crippen molar-refractivity contribution in [2.75, 3.05) is 25.6 Å².